The number of terminal acetylenes is 1. The normalized spacial score (nSPS) is 10.3. The number of hydrazone groups is 1. The minimum Gasteiger partial charge on any atom is -0.493 e. The third kappa shape index (κ3) is 6.79. The van der Waals surface area contributed by atoms with Crippen LogP contribution >= 0.6 is 15.9 Å². The zero-order chi connectivity index (χ0) is 22.6. The maximum atomic E-state index is 12.5. The molecule has 0 saturated carbocycles. The van der Waals surface area contributed by atoms with Crippen molar-refractivity contribution in [2.75, 3.05) is 26.9 Å². The highest BCUT2D eigenvalue weighted by molar-refractivity contribution is 9.10. The molecule has 0 spiro atoms. The summed E-state index contributed by atoms with van der Waals surface area (Å²) in [5, 5.41) is 4.01. The number of hydrogen-bond donors (Lipinski definition) is 1. The van der Waals surface area contributed by atoms with Gasteiger partial charge in [-0.25, -0.2) is 5.43 Å². The van der Waals surface area contributed by atoms with Crippen LogP contribution in [-0.2, 0) is 0 Å². The zero-order valence-corrected chi connectivity index (χ0v) is 18.9. The summed E-state index contributed by atoms with van der Waals surface area (Å²) in [6.07, 6.45) is 8.35. The molecule has 0 fully saturated rings. The SMILES string of the molecule is C#CCOc1c(Br)cc(/C=N/NC(=O)c2ccc(OCC=C)c(OCC)c2)cc1OC. The third-order valence-corrected chi connectivity index (χ3v) is 4.38. The minimum atomic E-state index is -0.396. The van der Waals surface area contributed by atoms with Crippen LogP contribution in [0.25, 0.3) is 0 Å². The summed E-state index contributed by atoms with van der Waals surface area (Å²) in [7, 11) is 1.52. The average Bonchev–Trinajstić information content (AvgIpc) is 2.77. The first-order valence-electron chi connectivity index (χ1n) is 9.31. The van der Waals surface area contributed by atoms with Crippen LogP contribution in [0.1, 0.15) is 22.8 Å². The van der Waals surface area contributed by atoms with Gasteiger partial charge in [0.15, 0.2) is 23.0 Å². The fraction of sp³-hybridized carbons (Fsp3) is 0.217. The van der Waals surface area contributed by atoms with Gasteiger partial charge in [0.05, 0.1) is 24.4 Å². The van der Waals surface area contributed by atoms with Crippen LogP contribution in [0.15, 0.2) is 52.6 Å². The van der Waals surface area contributed by atoms with E-state index >= 15 is 0 Å². The van der Waals surface area contributed by atoms with Gasteiger partial charge in [-0.3, -0.25) is 4.79 Å². The monoisotopic (exact) mass is 486 g/mol. The first kappa shape index (κ1) is 23.8. The average molecular weight is 487 g/mol. The number of rotatable bonds is 11. The molecule has 1 amide bonds. The van der Waals surface area contributed by atoms with Gasteiger partial charge in [-0.2, -0.15) is 5.10 Å². The number of nitrogens with one attached hydrogen (secondary N) is 1. The molecule has 0 radical (unpaired) electrons. The molecule has 0 heterocycles. The third-order valence-electron chi connectivity index (χ3n) is 3.79. The lowest BCUT2D eigenvalue weighted by Crippen LogP contribution is -2.17. The molecule has 162 valence electrons. The number of carbonyl (C=O) groups is 1. The summed E-state index contributed by atoms with van der Waals surface area (Å²) in [6.45, 7) is 6.35. The molecule has 0 bridgehead atoms. The van der Waals surface area contributed by atoms with Crippen molar-refractivity contribution in [3.05, 3.63) is 58.6 Å². The molecule has 0 aliphatic carbocycles. The Balaban J connectivity index is 2.13. The Morgan fingerprint density at radius 3 is 2.71 bits per heavy atom. The molecule has 0 aromatic heterocycles. The van der Waals surface area contributed by atoms with Gasteiger partial charge in [0.1, 0.15) is 13.2 Å². The molecular weight excluding hydrogens is 464 g/mol. The van der Waals surface area contributed by atoms with Crippen LogP contribution in [0.4, 0.5) is 0 Å². The van der Waals surface area contributed by atoms with Gasteiger partial charge in [-0.1, -0.05) is 18.6 Å². The second-order valence-electron chi connectivity index (χ2n) is 5.92. The van der Waals surface area contributed by atoms with Gasteiger partial charge in [0, 0.05) is 5.56 Å². The number of ether oxygens (including phenoxy) is 4. The van der Waals surface area contributed by atoms with Crippen molar-refractivity contribution in [1.29, 1.82) is 0 Å². The summed E-state index contributed by atoms with van der Waals surface area (Å²) < 4.78 is 22.5. The highest BCUT2D eigenvalue weighted by Crippen LogP contribution is 2.36. The minimum absolute atomic E-state index is 0.111. The van der Waals surface area contributed by atoms with Gasteiger partial charge in [0.2, 0.25) is 0 Å². The van der Waals surface area contributed by atoms with Crippen LogP contribution in [0.3, 0.4) is 0 Å². The van der Waals surface area contributed by atoms with E-state index in [0.717, 1.165) is 0 Å². The van der Waals surface area contributed by atoms with E-state index < -0.39 is 5.91 Å². The fourth-order valence-electron chi connectivity index (χ4n) is 2.48. The maximum Gasteiger partial charge on any atom is 0.271 e. The number of methoxy groups -OCH3 is 1. The molecule has 0 unspecified atom stereocenters. The predicted octanol–water partition coefficient (Wildman–Crippen LogP) is 4.20. The van der Waals surface area contributed by atoms with Gasteiger partial charge in [-0.05, 0) is 58.7 Å². The second-order valence-corrected chi connectivity index (χ2v) is 6.77. The smallest absolute Gasteiger partial charge is 0.271 e. The molecule has 7 nitrogen and oxygen atoms in total. The van der Waals surface area contributed by atoms with Crippen molar-refractivity contribution < 1.29 is 23.7 Å². The quantitative estimate of drug-likeness (QED) is 0.223. The molecule has 0 atom stereocenters. The molecule has 1 N–H and O–H groups in total. The van der Waals surface area contributed by atoms with Crippen molar-refractivity contribution in [2.45, 2.75) is 6.92 Å². The van der Waals surface area contributed by atoms with E-state index in [4.69, 9.17) is 25.4 Å². The topological polar surface area (TPSA) is 78.4 Å². The van der Waals surface area contributed by atoms with Crippen molar-refractivity contribution in [3.63, 3.8) is 0 Å². The van der Waals surface area contributed by atoms with Crippen LogP contribution in [0, 0.1) is 12.3 Å². The van der Waals surface area contributed by atoms with Crippen molar-refractivity contribution in [2.24, 2.45) is 5.10 Å². The molecule has 31 heavy (non-hydrogen) atoms. The Hall–Kier alpha value is -3.44. The van der Waals surface area contributed by atoms with E-state index in [1.165, 1.54) is 13.3 Å². The number of halogens is 1. The summed E-state index contributed by atoms with van der Waals surface area (Å²) in [5.41, 5.74) is 3.55. The summed E-state index contributed by atoms with van der Waals surface area (Å²) in [6, 6.07) is 8.38. The highest BCUT2D eigenvalue weighted by atomic mass is 79.9. The molecule has 8 heteroatoms. The van der Waals surface area contributed by atoms with Crippen molar-refractivity contribution in [3.8, 4) is 35.3 Å². The molecule has 2 aromatic rings. The molecule has 2 rings (SSSR count). The van der Waals surface area contributed by atoms with E-state index in [1.807, 2.05) is 6.92 Å². The molecule has 0 aliphatic heterocycles. The van der Waals surface area contributed by atoms with Crippen LogP contribution < -0.4 is 24.4 Å². The number of carbonyl (C=O) groups excluding carboxylic acids is 1. The molecular formula is C23H23BrN2O5. The first-order valence-corrected chi connectivity index (χ1v) is 10.1. The summed E-state index contributed by atoms with van der Waals surface area (Å²) in [5.74, 6) is 3.98. The van der Waals surface area contributed by atoms with Gasteiger partial charge in [0.25, 0.3) is 5.91 Å². The Labute approximate surface area is 190 Å². The maximum absolute atomic E-state index is 12.5. The van der Waals surface area contributed by atoms with Crippen molar-refractivity contribution in [1.82, 2.24) is 5.43 Å². The number of amides is 1. The Bertz CT molecular complexity index is 998. The Morgan fingerprint density at radius 2 is 2.03 bits per heavy atom. The van der Waals surface area contributed by atoms with Gasteiger partial charge in [-0.15, -0.1) is 6.42 Å². The second kappa shape index (κ2) is 12.3. The van der Waals surface area contributed by atoms with Crippen LogP contribution in [0.5, 0.6) is 23.0 Å². The van der Waals surface area contributed by atoms with E-state index in [9.17, 15) is 4.79 Å². The molecule has 0 aliphatic rings. The Morgan fingerprint density at radius 1 is 1.23 bits per heavy atom. The van der Waals surface area contributed by atoms with E-state index in [1.54, 1.807) is 36.4 Å². The first-order chi connectivity index (χ1) is 15.0. The lowest BCUT2D eigenvalue weighted by Gasteiger charge is -2.12. The molecule has 0 saturated heterocycles. The van der Waals surface area contributed by atoms with E-state index in [2.05, 4.69) is 39.0 Å². The molecule has 2 aromatic carbocycles. The van der Waals surface area contributed by atoms with Gasteiger partial charge < -0.3 is 18.9 Å². The lowest BCUT2D eigenvalue weighted by atomic mass is 10.2. The summed E-state index contributed by atoms with van der Waals surface area (Å²) >= 11 is 3.42. The van der Waals surface area contributed by atoms with E-state index in [-0.39, 0.29) is 6.61 Å². The zero-order valence-electron chi connectivity index (χ0n) is 17.3. The number of benzene rings is 2. The standard InChI is InChI=1S/C23H23BrN2O5/c1-5-10-30-19-9-8-17(14-20(19)29-7-3)23(27)26-25-15-16-12-18(24)22(31-11-6-2)21(13-16)28-4/h2,5,8-9,12-15H,1,7,10-11H2,3-4H3,(H,26,27)/b25-15+. The lowest BCUT2D eigenvalue weighted by molar-refractivity contribution is 0.0954. The van der Waals surface area contributed by atoms with Gasteiger partial charge >= 0.3 is 0 Å². The Kier molecular flexibility index (Phi) is 9.46. The van der Waals surface area contributed by atoms with E-state index in [0.29, 0.717) is 51.8 Å². The summed E-state index contributed by atoms with van der Waals surface area (Å²) in [4.78, 5) is 12.5. The fourth-order valence-corrected chi connectivity index (χ4v) is 3.06. The van der Waals surface area contributed by atoms with Crippen molar-refractivity contribution >= 4 is 28.1 Å². The van der Waals surface area contributed by atoms with Crippen LogP contribution in [0.2, 0.25) is 0 Å². The highest BCUT2D eigenvalue weighted by Gasteiger charge is 2.12. The number of nitrogens with zero attached hydrogens (tertiary/aromatic N) is 1. The predicted molar refractivity (Wildman–Crippen MR) is 123 cm³/mol. The number of hydrogen-bond acceptors (Lipinski definition) is 6. The van der Waals surface area contributed by atoms with Crippen LogP contribution in [-0.4, -0.2) is 39.1 Å². The largest absolute Gasteiger partial charge is 0.493 e.